The number of halogens is 1. The van der Waals surface area contributed by atoms with E-state index < -0.39 is 17.7 Å². The number of nitrogens with one attached hydrogen (secondary N) is 1. The van der Waals surface area contributed by atoms with E-state index in [0.29, 0.717) is 22.6 Å². The molecule has 4 aromatic rings. The predicted octanol–water partition coefficient (Wildman–Crippen LogP) is 5.19. The number of Topliss-reactive ketones (excluding diaryl/α,β-unsaturated/α-hetero) is 1. The van der Waals surface area contributed by atoms with Gasteiger partial charge in [0.2, 0.25) is 0 Å². The van der Waals surface area contributed by atoms with Crippen LogP contribution in [0.5, 0.6) is 5.75 Å². The number of amides is 1. The molecule has 1 aliphatic heterocycles. The summed E-state index contributed by atoms with van der Waals surface area (Å²) >= 11 is 5.97. The molecule has 0 bridgehead atoms. The molecule has 34 heavy (non-hydrogen) atoms. The summed E-state index contributed by atoms with van der Waals surface area (Å²) < 4.78 is 0. The minimum atomic E-state index is -0.790. The maximum Gasteiger partial charge on any atom is 0.295 e. The maximum absolute atomic E-state index is 13.1. The molecule has 3 N–H and O–H groups in total. The van der Waals surface area contributed by atoms with E-state index in [4.69, 9.17) is 11.6 Å². The van der Waals surface area contributed by atoms with Gasteiger partial charge in [-0.3, -0.25) is 9.59 Å². The van der Waals surface area contributed by atoms with Crippen LogP contribution in [0.1, 0.15) is 22.7 Å². The highest BCUT2D eigenvalue weighted by Crippen LogP contribution is 2.40. The van der Waals surface area contributed by atoms with Gasteiger partial charge in [-0.1, -0.05) is 41.9 Å². The van der Waals surface area contributed by atoms with E-state index in [1.807, 2.05) is 30.5 Å². The molecule has 0 radical (unpaired) electrons. The average Bonchev–Trinajstić information content (AvgIpc) is 3.37. The number of hydrogen-bond donors (Lipinski definition) is 3. The van der Waals surface area contributed by atoms with E-state index in [1.54, 1.807) is 36.4 Å². The van der Waals surface area contributed by atoms with Gasteiger partial charge >= 0.3 is 0 Å². The van der Waals surface area contributed by atoms with Gasteiger partial charge in [-0.25, -0.2) is 0 Å². The minimum Gasteiger partial charge on any atom is -0.508 e. The number of phenols is 1. The summed E-state index contributed by atoms with van der Waals surface area (Å²) in [4.78, 5) is 31.0. The Balaban J connectivity index is 1.56. The number of aliphatic hydroxyl groups excluding tert-OH is 1. The molecule has 0 spiro atoms. The molecule has 1 aliphatic rings. The van der Waals surface area contributed by atoms with Crippen molar-refractivity contribution in [2.75, 3.05) is 6.54 Å². The molecule has 1 aromatic heterocycles. The summed E-state index contributed by atoms with van der Waals surface area (Å²) in [7, 11) is 0. The number of aliphatic hydroxyl groups is 1. The number of aromatic hydroxyl groups is 1. The molecule has 7 heteroatoms. The highest BCUT2D eigenvalue weighted by Gasteiger charge is 2.45. The van der Waals surface area contributed by atoms with Crippen LogP contribution in [0.25, 0.3) is 16.7 Å². The Morgan fingerprint density at radius 3 is 2.41 bits per heavy atom. The number of aromatic amines is 1. The number of phenolic OH excluding ortho intramolecular Hbond substituents is 1. The molecule has 1 saturated heterocycles. The van der Waals surface area contributed by atoms with E-state index in [9.17, 15) is 19.8 Å². The zero-order valence-electron chi connectivity index (χ0n) is 18.0. The van der Waals surface area contributed by atoms with Crippen LogP contribution >= 0.6 is 11.6 Å². The van der Waals surface area contributed by atoms with Gasteiger partial charge in [-0.15, -0.1) is 0 Å². The molecule has 5 rings (SSSR count). The minimum absolute atomic E-state index is 0.0111. The van der Waals surface area contributed by atoms with Crippen LogP contribution in [0.3, 0.4) is 0 Å². The van der Waals surface area contributed by atoms with Crippen molar-refractivity contribution < 1.29 is 19.8 Å². The number of nitrogens with zero attached hydrogens (tertiary/aromatic N) is 1. The van der Waals surface area contributed by atoms with Crippen LogP contribution in [-0.2, 0) is 16.0 Å². The van der Waals surface area contributed by atoms with E-state index in [-0.39, 0.29) is 23.6 Å². The van der Waals surface area contributed by atoms with Crippen LogP contribution in [0.15, 0.2) is 84.6 Å². The molecule has 0 aliphatic carbocycles. The first-order valence-corrected chi connectivity index (χ1v) is 11.2. The van der Waals surface area contributed by atoms with Gasteiger partial charge in [0.25, 0.3) is 11.7 Å². The fourth-order valence-electron chi connectivity index (χ4n) is 4.46. The van der Waals surface area contributed by atoms with Crippen molar-refractivity contribution in [3.8, 4) is 5.75 Å². The summed E-state index contributed by atoms with van der Waals surface area (Å²) in [5, 5.41) is 22.4. The monoisotopic (exact) mass is 472 g/mol. The SMILES string of the molecule is O=C1C(=O)N(CCc2c[nH]c3ccccc23)C(c2ccc(O)cc2)/C1=C(/O)c1ccc(Cl)cc1. The summed E-state index contributed by atoms with van der Waals surface area (Å²) in [5.74, 6) is -1.61. The number of likely N-dealkylation sites (tertiary alicyclic amines) is 1. The quantitative estimate of drug-likeness (QED) is 0.211. The lowest BCUT2D eigenvalue weighted by Gasteiger charge is -2.25. The number of H-pyrrole nitrogens is 1. The third kappa shape index (κ3) is 3.82. The van der Waals surface area contributed by atoms with Crippen LogP contribution in [0, 0.1) is 0 Å². The smallest absolute Gasteiger partial charge is 0.295 e. The maximum atomic E-state index is 13.1. The molecule has 170 valence electrons. The van der Waals surface area contributed by atoms with Gasteiger partial charge in [-0.2, -0.15) is 0 Å². The van der Waals surface area contributed by atoms with Crippen LogP contribution in [-0.4, -0.2) is 38.3 Å². The van der Waals surface area contributed by atoms with Gasteiger partial charge in [0.15, 0.2) is 0 Å². The zero-order chi connectivity index (χ0) is 23.8. The van der Waals surface area contributed by atoms with Crippen molar-refractivity contribution in [2.45, 2.75) is 12.5 Å². The first-order valence-electron chi connectivity index (χ1n) is 10.8. The highest BCUT2D eigenvalue weighted by atomic mass is 35.5. The van der Waals surface area contributed by atoms with Gasteiger partial charge in [-0.05, 0) is 60.0 Å². The van der Waals surface area contributed by atoms with Gasteiger partial charge < -0.3 is 20.1 Å². The summed E-state index contributed by atoms with van der Waals surface area (Å²) in [5.41, 5.74) is 3.04. The molecule has 0 saturated carbocycles. The highest BCUT2D eigenvalue weighted by molar-refractivity contribution is 6.46. The van der Waals surface area contributed by atoms with E-state index in [1.165, 1.54) is 17.0 Å². The third-order valence-corrected chi connectivity index (χ3v) is 6.42. The van der Waals surface area contributed by atoms with Gasteiger partial charge in [0.1, 0.15) is 11.5 Å². The Hall–Kier alpha value is -4.03. The Kier molecular flexibility index (Phi) is 5.59. The predicted molar refractivity (Wildman–Crippen MR) is 131 cm³/mol. The first-order chi connectivity index (χ1) is 16.4. The lowest BCUT2D eigenvalue weighted by atomic mass is 9.95. The molecular weight excluding hydrogens is 452 g/mol. The number of ketones is 1. The number of fused-ring (bicyclic) bond motifs is 1. The van der Waals surface area contributed by atoms with Crippen molar-refractivity contribution in [3.05, 3.63) is 106 Å². The largest absolute Gasteiger partial charge is 0.508 e. The third-order valence-electron chi connectivity index (χ3n) is 6.16. The van der Waals surface area contributed by atoms with E-state index in [0.717, 1.165) is 16.5 Å². The molecule has 3 aromatic carbocycles. The van der Waals surface area contributed by atoms with E-state index >= 15 is 0 Å². The lowest BCUT2D eigenvalue weighted by Crippen LogP contribution is -2.31. The molecule has 1 unspecified atom stereocenters. The van der Waals surface area contributed by atoms with Crippen molar-refractivity contribution in [3.63, 3.8) is 0 Å². The molecule has 2 heterocycles. The summed E-state index contributed by atoms with van der Waals surface area (Å²) in [6.07, 6.45) is 2.43. The normalized spacial score (nSPS) is 17.6. The fraction of sp³-hybridized carbons (Fsp3) is 0.111. The van der Waals surface area contributed by atoms with Crippen molar-refractivity contribution in [1.29, 1.82) is 0 Å². The molecule has 1 atom stereocenters. The number of benzene rings is 3. The Morgan fingerprint density at radius 1 is 0.971 bits per heavy atom. The standard InChI is InChI=1S/C27H21ClN2O4/c28-19-9-5-17(6-10-19)25(32)23-24(16-7-11-20(31)12-8-16)30(27(34)26(23)33)14-13-18-15-29-22-4-2-1-3-21(18)22/h1-12,15,24,29,31-32H,13-14H2/b25-23-. The Morgan fingerprint density at radius 2 is 1.68 bits per heavy atom. The first kappa shape index (κ1) is 21.8. The van der Waals surface area contributed by atoms with Crippen LogP contribution < -0.4 is 0 Å². The Bertz CT molecular complexity index is 1420. The second kappa shape index (κ2) is 8.72. The number of carbonyl (C=O) groups excluding carboxylic acids is 2. The lowest BCUT2D eigenvalue weighted by molar-refractivity contribution is -0.139. The topological polar surface area (TPSA) is 93.6 Å². The zero-order valence-corrected chi connectivity index (χ0v) is 18.8. The Labute approximate surface area is 200 Å². The average molecular weight is 473 g/mol. The number of hydrogen-bond acceptors (Lipinski definition) is 4. The van der Waals surface area contributed by atoms with Crippen LogP contribution in [0.4, 0.5) is 0 Å². The number of rotatable bonds is 5. The summed E-state index contributed by atoms with van der Waals surface area (Å²) in [6.45, 7) is 0.273. The number of carbonyl (C=O) groups is 2. The summed E-state index contributed by atoms with van der Waals surface area (Å²) in [6, 6.07) is 19.8. The second-order valence-corrected chi connectivity index (χ2v) is 8.64. The van der Waals surface area contributed by atoms with Crippen LogP contribution in [0.2, 0.25) is 5.02 Å². The molecule has 6 nitrogen and oxygen atoms in total. The fourth-order valence-corrected chi connectivity index (χ4v) is 4.58. The van der Waals surface area contributed by atoms with E-state index in [2.05, 4.69) is 4.98 Å². The molecule has 1 fully saturated rings. The van der Waals surface area contributed by atoms with Crippen molar-refractivity contribution >= 4 is 40.0 Å². The number of para-hydroxylation sites is 1. The number of aromatic nitrogens is 1. The second-order valence-electron chi connectivity index (χ2n) is 8.20. The van der Waals surface area contributed by atoms with Gasteiger partial charge in [0, 0.05) is 34.2 Å². The molecular formula is C27H21ClN2O4. The van der Waals surface area contributed by atoms with Crippen molar-refractivity contribution in [1.82, 2.24) is 9.88 Å². The van der Waals surface area contributed by atoms with Gasteiger partial charge in [0.05, 0.1) is 11.6 Å². The van der Waals surface area contributed by atoms with Crippen molar-refractivity contribution in [2.24, 2.45) is 0 Å². The molecule has 1 amide bonds.